The lowest BCUT2D eigenvalue weighted by Gasteiger charge is -2.03. The number of nitrogens with zero attached hydrogens (tertiary/aromatic N) is 3. The van der Waals surface area contributed by atoms with Crippen LogP contribution in [0.1, 0.15) is 5.56 Å². The first-order valence-corrected chi connectivity index (χ1v) is 7.00. The van der Waals surface area contributed by atoms with Crippen LogP contribution in [-0.2, 0) is 22.6 Å². The molecule has 2 aromatic rings. The van der Waals surface area contributed by atoms with Gasteiger partial charge in [0, 0.05) is 0 Å². The number of nitro groups is 1. The number of sulfone groups is 1. The first kappa shape index (κ1) is 13.2. The van der Waals surface area contributed by atoms with Gasteiger partial charge in [-0.25, -0.2) is 8.42 Å². The predicted octanol–water partition coefficient (Wildman–Crippen LogP) is 1.30. The van der Waals surface area contributed by atoms with E-state index in [9.17, 15) is 18.5 Å². The normalized spacial score (nSPS) is 11.4. The van der Waals surface area contributed by atoms with Crippen molar-refractivity contribution in [2.75, 3.05) is 0 Å². The second kappa shape index (κ2) is 4.81. The molecule has 0 aliphatic heterocycles. The molecule has 1 aromatic heterocycles. The van der Waals surface area contributed by atoms with Gasteiger partial charge in [0.25, 0.3) is 0 Å². The molecule has 0 radical (unpaired) electrons. The Morgan fingerprint density at radius 3 is 2.53 bits per heavy atom. The van der Waals surface area contributed by atoms with Crippen molar-refractivity contribution < 1.29 is 13.3 Å². The maximum atomic E-state index is 12.1. The lowest BCUT2D eigenvalue weighted by Crippen LogP contribution is -2.07. The van der Waals surface area contributed by atoms with Crippen molar-refractivity contribution in [2.24, 2.45) is 7.05 Å². The third-order valence-corrected chi connectivity index (χ3v) is 4.28. The molecule has 100 valence electrons. The Labute approximate surface area is 109 Å². The van der Waals surface area contributed by atoms with Gasteiger partial charge in [0.05, 0.1) is 22.4 Å². The van der Waals surface area contributed by atoms with E-state index in [1.807, 2.05) is 0 Å². The fraction of sp³-hybridized carbons (Fsp3) is 0.182. The van der Waals surface area contributed by atoms with Crippen LogP contribution >= 0.6 is 0 Å². The molecule has 8 heteroatoms. The second-order valence-corrected chi connectivity index (χ2v) is 5.94. The molecule has 0 aliphatic rings. The number of hydrogen-bond donors (Lipinski definition) is 0. The highest BCUT2D eigenvalue weighted by molar-refractivity contribution is 7.90. The van der Waals surface area contributed by atoms with Crippen LogP contribution in [0.3, 0.4) is 0 Å². The highest BCUT2D eigenvalue weighted by atomic mass is 32.2. The summed E-state index contributed by atoms with van der Waals surface area (Å²) in [6.45, 7) is 0. The van der Waals surface area contributed by atoms with Crippen molar-refractivity contribution in [3.05, 3.63) is 52.2 Å². The SMILES string of the molecule is Cn1ncc(CS(=O)(=O)c2ccccc2)c1[N+](=O)[O-]. The topological polar surface area (TPSA) is 95.1 Å². The highest BCUT2D eigenvalue weighted by Crippen LogP contribution is 2.22. The van der Waals surface area contributed by atoms with Gasteiger partial charge in [0.15, 0.2) is 9.84 Å². The van der Waals surface area contributed by atoms with Crippen molar-refractivity contribution in [1.29, 1.82) is 0 Å². The third kappa shape index (κ3) is 2.63. The lowest BCUT2D eigenvalue weighted by atomic mass is 10.4. The Kier molecular flexibility index (Phi) is 3.34. The predicted molar refractivity (Wildman–Crippen MR) is 67.2 cm³/mol. The zero-order valence-corrected chi connectivity index (χ0v) is 10.9. The standard InChI is InChI=1S/C11H11N3O4S/c1-13-11(14(15)16)9(7-12-13)8-19(17,18)10-5-3-2-4-6-10/h2-7H,8H2,1H3. The highest BCUT2D eigenvalue weighted by Gasteiger charge is 2.25. The maximum absolute atomic E-state index is 12.1. The van der Waals surface area contributed by atoms with E-state index in [0.29, 0.717) is 0 Å². The zero-order valence-electron chi connectivity index (χ0n) is 10.1. The van der Waals surface area contributed by atoms with Crippen LogP contribution in [0.4, 0.5) is 5.82 Å². The molecule has 0 saturated carbocycles. The van der Waals surface area contributed by atoms with Gasteiger partial charge in [-0.1, -0.05) is 23.3 Å². The summed E-state index contributed by atoms with van der Waals surface area (Å²) in [5, 5.41) is 14.6. The molecule has 7 nitrogen and oxygen atoms in total. The summed E-state index contributed by atoms with van der Waals surface area (Å²) in [6, 6.07) is 7.82. The van der Waals surface area contributed by atoms with E-state index in [2.05, 4.69) is 5.10 Å². The van der Waals surface area contributed by atoms with E-state index >= 15 is 0 Å². The number of aromatic nitrogens is 2. The van der Waals surface area contributed by atoms with Crippen LogP contribution in [0.15, 0.2) is 41.4 Å². The molecule has 0 saturated heterocycles. The average molecular weight is 281 g/mol. The fourth-order valence-corrected chi connectivity index (χ4v) is 3.08. The molecular formula is C11H11N3O4S. The minimum atomic E-state index is -3.61. The maximum Gasteiger partial charge on any atom is 0.348 e. The first-order chi connectivity index (χ1) is 8.92. The van der Waals surface area contributed by atoms with Gasteiger partial charge in [0.2, 0.25) is 0 Å². The van der Waals surface area contributed by atoms with Gasteiger partial charge < -0.3 is 10.1 Å². The molecule has 0 N–H and O–H groups in total. The van der Waals surface area contributed by atoms with Crippen molar-refractivity contribution in [3.8, 4) is 0 Å². The zero-order chi connectivity index (χ0) is 14.0. The van der Waals surface area contributed by atoms with E-state index in [0.717, 1.165) is 4.68 Å². The van der Waals surface area contributed by atoms with Crippen LogP contribution in [-0.4, -0.2) is 23.1 Å². The smallest absolute Gasteiger partial charge is 0.348 e. The van der Waals surface area contributed by atoms with Crippen LogP contribution in [0, 0.1) is 10.1 Å². The quantitative estimate of drug-likeness (QED) is 0.621. The molecule has 0 unspecified atom stereocenters. The van der Waals surface area contributed by atoms with E-state index in [1.165, 1.54) is 25.4 Å². The Morgan fingerprint density at radius 1 is 1.32 bits per heavy atom. The van der Waals surface area contributed by atoms with Crippen molar-refractivity contribution in [2.45, 2.75) is 10.6 Å². The van der Waals surface area contributed by atoms with E-state index in [1.54, 1.807) is 18.2 Å². The van der Waals surface area contributed by atoms with Crippen molar-refractivity contribution in [1.82, 2.24) is 9.78 Å². The minimum absolute atomic E-state index is 0.0800. The first-order valence-electron chi connectivity index (χ1n) is 5.35. The second-order valence-electron chi connectivity index (χ2n) is 3.95. The summed E-state index contributed by atoms with van der Waals surface area (Å²) in [6.07, 6.45) is 1.21. The summed E-state index contributed by atoms with van der Waals surface area (Å²) in [7, 11) is -2.21. The largest absolute Gasteiger partial charge is 0.358 e. The van der Waals surface area contributed by atoms with Gasteiger partial charge in [-0.05, 0) is 17.1 Å². The number of aryl methyl sites for hydroxylation is 1. The molecule has 0 bridgehead atoms. The van der Waals surface area contributed by atoms with Crippen LogP contribution in [0.5, 0.6) is 0 Å². The molecule has 2 rings (SSSR count). The summed E-state index contributed by atoms with van der Waals surface area (Å²) < 4.78 is 25.3. The Hall–Kier alpha value is -2.22. The average Bonchev–Trinajstić information content (AvgIpc) is 2.71. The Bertz CT molecular complexity index is 707. The lowest BCUT2D eigenvalue weighted by molar-refractivity contribution is -0.392. The number of hydrogen-bond acceptors (Lipinski definition) is 5. The molecule has 0 amide bonds. The van der Waals surface area contributed by atoms with Crippen LogP contribution in [0.2, 0.25) is 0 Å². The van der Waals surface area contributed by atoms with Crippen molar-refractivity contribution in [3.63, 3.8) is 0 Å². The third-order valence-electron chi connectivity index (χ3n) is 2.60. The van der Waals surface area contributed by atoms with Gasteiger partial charge in [-0.2, -0.15) is 0 Å². The molecule has 0 aliphatic carbocycles. The molecule has 1 heterocycles. The minimum Gasteiger partial charge on any atom is -0.358 e. The summed E-state index contributed by atoms with van der Waals surface area (Å²) in [5.74, 6) is -0.749. The monoisotopic (exact) mass is 281 g/mol. The molecule has 0 fully saturated rings. The molecule has 19 heavy (non-hydrogen) atoms. The van der Waals surface area contributed by atoms with Crippen LogP contribution < -0.4 is 0 Å². The Morgan fingerprint density at radius 2 is 1.95 bits per heavy atom. The molecule has 0 atom stereocenters. The number of rotatable bonds is 4. The number of benzene rings is 1. The van der Waals surface area contributed by atoms with E-state index in [4.69, 9.17) is 0 Å². The van der Waals surface area contributed by atoms with Gasteiger partial charge in [-0.15, -0.1) is 4.68 Å². The summed E-state index contributed by atoms with van der Waals surface area (Å²) >= 11 is 0. The summed E-state index contributed by atoms with van der Waals surface area (Å²) in [4.78, 5) is 10.4. The van der Waals surface area contributed by atoms with Gasteiger partial charge in [0.1, 0.15) is 7.05 Å². The van der Waals surface area contributed by atoms with Crippen molar-refractivity contribution >= 4 is 15.7 Å². The summed E-state index contributed by atoms with van der Waals surface area (Å²) in [5.41, 5.74) is 0.0800. The van der Waals surface area contributed by atoms with E-state index < -0.39 is 20.5 Å². The Balaban J connectivity index is 2.40. The van der Waals surface area contributed by atoms with E-state index in [-0.39, 0.29) is 16.3 Å². The van der Waals surface area contributed by atoms with Gasteiger partial charge >= 0.3 is 5.82 Å². The van der Waals surface area contributed by atoms with Gasteiger partial charge in [-0.3, -0.25) is 0 Å². The molecule has 0 spiro atoms. The molecular weight excluding hydrogens is 270 g/mol. The fourth-order valence-electron chi connectivity index (χ4n) is 1.73. The van der Waals surface area contributed by atoms with Crippen LogP contribution in [0.25, 0.3) is 0 Å². The molecule has 1 aromatic carbocycles.